The van der Waals surface area contributed by atoms with Crippen molar-refractivity contribution in [2.75, 3.05) is 0 Å². The van der Waals surface area contributed by atoms with Gasteiger partial charge in [0.05, 0.1) is 0 Å². The van der Waals surface area contributed by atoms with Gasteiger partial charge in [0, 0.05) is 14.3 Å². The van der Waals surface area contributed by atoms with Crippen molar-refractivity contribution in [2.24, 2.45) is 0 Å². The first-order chi connectivity index (χ1) is 13.7. The van der Waals surface area contributed by atoms with Crippen molar-refractivity contribution in [2.45, 2.75) is 25.4 Å². The van der Waals surface area contributed by atoms with E-state index in [0.29, 0.717) is 5.92 Å². The average Bonchev–Trinajstić information content (AvgIpc) is 3.30. The summed E-state index contributed by atoms with van der Waals surface area (Å²) in [6.07, 6.45) is 9.42. The number of halogens is 2. The number of rotatable bonds is 3. The van der Waals surface area contributed by atoms with Gasteiger partial charge in [-0.3, -0.25) is 0 Å². The molecular formula is C27H23Cl2SiZr. The summed E-state index contributed by atoms with van der Waals surface area (Å²) in [5.41, 5.74) is 8.22. The van der Waals surface area contributed by atoms with Crippen molar-refractivity contribution in [3.63, 3.8) is 0 Å². The second-order valence-electron chi connectivity index (χ2n) is 7.87. The first-order valence-electron chi connectivity index (χ1n) is 9.97. The molecule has 0 saturated heterocycles. The topological polar surface area (TPSA) is 0 Å². The van der Waals surface area contributed by atoms with Crippen LogP contribution in [-0.4, -0.2) is 8.41 Å². The van der Waals surface area contributed by atoms with Crippen molar-refractivity contribution >= 4 is 20.1 Å². The van der Waals surface area contributed by atoms with Crippen LogP contribution < -0.4 is 30.0 Å². The summed E-state index contributed by atoms with van der Waals surface area (Å²) in [5, 5.41) is 1.46. The van der Waals surface area contributed by atoms with E-state index >= 15 is 0 Å². The standard InChI is InChI=1S/C27H23Si.2ClH.Zr/c1-28(2)26-14-8-12-21-18-24(23-16-15-20-11-6-7-13-22(20)23)25(27(21)26)17-19-9-4-3-5-10-19;;;/h3-16,23H,17H2,1-2H3;2*1H;/q-1;;;+3/p-2. The first kappa shape index (κ1) is 25.9. The largest absolute Gasteiger partial charge is 3.00 e. The van der Waals surface area contributed by atoms with Crippen LogP contribution in [0.1, 0.15) is 28.2 Å². The van der Waals surface area contributed by atoms with Gasteiger partial charge in [-0.2, -0.15) is 5.56 Å². The van der Waals surface area contributed by atoms with Gasteiger partial charge < -0.3 is 24.8 Å². The molecule has 0 spiro atoms. The molecule has 0 amide bonds. The monoisotopic (exact) mass is 535 g/mol. The zero-order chi connectivity index (χ0) is 19.1. The molecule has 0 bridgehead atoms. The van der Waals surface area contributed by atoms with Gasteiger partial charge in [0.1, 0.15) is 0 Å². The van der Waals surface area contributed by atoms with Crippen LogP contribution in [0.4, 0.5) is 0 Å². The Labute approximate surface area is 218 Å². The molecule has 1 radical (unpaired) electrons. The number of allylic oxidation sites excluding steroid dienone is 2. The van der Waals surface area contributed by atoms with Gasteiger partial charge in [0.25, 0.3) is 0 Å². The molecule has 0 saturated carbocycles. The van der Waals surface area contributed by atoms with Gasteiger partial charge in [0.15, 0.2) is 0 Å². The third kappa shape index (κ3) is 4.88. The fraction of sp³-hybridized carbons (Fsp3) is 0.148. The van der Waals surface area contributed by atoms with E-state index in [2.05, 4.69) is 104 Å². The van der Waals surface area contributed by atoms with Gasteiger partial charge in [-0.25, -0.2) is 0 Å². The predicted molar refractivity (Wildman–Crippen MR) is 120 cm³/mol. The molecule has 0 heterocycles. The average molecular weight is 538 g/mol. The molecule has 1 atom stereocenters. The molecule has 2 aliphatic carbocycles. The number of hydrogen-bond acceptors (Lipinski definition) is 0. The Hall–Kier alpha value is -1.31. The minimum Gasteiger partial charge on any atom is -1.00 e. The summed E-state index contributed by atoms with van der Waals surface area (Å²) in [5.74, 6) is 0.305. The van der Waals surface area contributed by atoms with Gasteiger partial charge in [0.2, 0.25) is 0 Å². The third-order valence-electron chi connectivity index (χ3n) is 5.83. The van der Waals surface area contributed by atoms with Crippen molar-refractivity contribution in [3.8, 4) is 0 Å². The molecular weight excluding hydrogens is 515 g/mol. The molecule has 153 valence electrons. The smallest absolute Gasteiger partial charge is 1.00 e. The SMILES string of the molecule is C[Si](C)=c1cccc2c1=C(Cc1ccccc1)C(C1C=Cc3ccccc31)=[C-]2.[Cl-].[Cl-].[Zr+3]. The van der Waals surface area contributed by atoms with Gasteiger partial charge in [-0.05, 0) is 17.5 Å². The maximum Gasteiger partial charge on any atom is 3.00 e. The molecule has 31 heavy (non-hydrogen) atoms. The van der Waals surface area contributed by atoms with Crippen molar-refractivity contribution < 1.29 is 51.0 Å². The predicted octanol–water partition coefficient (Wildman–Crippen LogP) is -0.426. The Morgan fingerprint density at radius 2 is 1.55 bits per heavy atom. The van der Waals surface area contributed by atoms with Crippen LogP contribution in [0.15, 0.2) is 84.4 Å². The Balaban J connectivity index is 0.00000114. The molecule has 3 aromatic rings. The van der Waals surface area contributed by atoms with E-state index in [9.17, 15) is 0 Å². The molecule has 0 aliphatic heterocycles. The summed E-state index contributed by atoms with van der Waals surface area (Å²) >= 11 is 0. The molecule has 5 rings (SSSR count). The zero-order valence-corrected chi connectivity index (χ0v) is 22.6. The fourth-order valence-electron chi connectivity index (χ4n) is 4.50. The number of hydrogen-bond donors (Lipinski definition) is 0. The van der Waals surface area contributed by atoms with E-state index in [4.69, 9.17) is 0 Å². The van der Waals surface area contributed by atoms with E-state index in [1.54, 1.807) is 0 Å². The quantitative estimate of drug-likeness (QED) is 0.315. The summed E-state index contributed by atoms with van der Waals surface area (Å²) in [6.45, 7) is 4.78. The van der Waals surface area contributed by atoms with Crippen LogP contribution >= 0.6 is 0 Å². The molecule has 0 fully saturated rings. The van der Waals surface area contributed by atoms with E-state index in [-0.39, 0.29) is 51.0 Å². The Bertz CT molecular complexity index is 1260. The Morgan fingerprint density at radius 3 is 2.29 bits per heavy atom. The Kier molecular flexibility index (Phi) is 9.22. The molecule has 4 heteroatoms. The van der Waals surface area contributed by atoms with Crippen molar-refractivity contribution in [1.29, 1.82) is 0 Å². The van der Waals surface area contributed by atoms with E-state index in [1.165, 1.54) is 43.4 Å². The zero-order valence-electron chi connectivity index (χ0n) is 17.6. The number of benzene rings is 3. The van der Waals surface area contributed by atoms with E-state index in [1.807, 2.05) is 0 Å². The van der Waals surface area contributed by atoms with Crippen molar-refractivity contribution in [3.05, 3.63) is 123 Å². The molecule has 2 aliphatic rings. The van der Waals surface area contributed by atoms with Gasteiger partial charge in [-0.15, -0.1) is 34.6 Å². The van der Waals surface area contributed by atoms with Gasteiger partial charge >= 0.3 is 26.2 Å². The van der Waals surface area contributed by atoms with Gasteiger partial charge in [-0.1, -0.05) is 96.3 Å². The minimum absolute atomic E-state index is 0. The molecule has 0 nitrogen and oxygen atoms in total. The van der Waals surface area contributed by atoms with Crippen LogP contribution in [0.5, 0.6) is 0 Å². The summed E-state index contributed by atoms with van der Waals surface area (Å²) in [7, 11) is -0.558. The molecule has 1 unspecified atom stereocenters. The summed E-state index contributed by atoms with van der Waals surface area (Å²) in [6, 6.07) is 26.4. The molecule has 0 N–H and O–H groups in total. The van der Waals surface area contributed by atoms with Crippen LogP contribution in [-0.2, 0) is 32.6 Å². The van der Waals surface area contributed by atoms with Crippen LogP contribution in [0.2, 0.25) is 13.1 Å². The van der Waals surface area contributed by atoms with Crippen LogP contribution in [0, 0.1) is 10.9 Å². The maximum atomic E-state index is 3.83. The third-order valence-corrected chi connectivity index (χ3v) is 7.33. The van der Waals surface area contributed by atoms with E-state index < -0.39 is 8.41 Å². The summed E-state index contributed by atoms with van der Waals surface area (Å²) < 4.78 is 0. The van der Waals surface area contributed by atoms with Crippen molar-refractivity contribution in [1.82, 2.24) is 0 Å². The summed E-state index contributed by atoms with van der Waals surface area (Å²) in [4.78, 5) is 1.53. The fourth-order valence-corrected chi connectivity index (χ4v) is 5.72. The van der Waals surface area contributed by atoms with E-state index in [0.717, 1.165) is 6.42 Å². The maximum absolute atomic E-state index is 3.83. The second-order valence-corrected chi connectivity index (χ2v) is 10.4. The minimum atomic E-state index is -0.558. The second kappa shape index (κ2) is 11.0. The normalized spacial score (nSPS) is 15.1. The molecule has 0 aromatic heterocycles. The molecule has 3 aromatic carbocycles. The number of fused-ring (bicyclic) bond motifs is 2. The van der Waals surface area contributed by atoms with Crippen LogP contribution in [0.3, 0.4) is 0 Å². The Morgan fingerprint density at radius 1 is 0.839 bits per heavy atom. The first-order valence-corrected chi connectivity index (χ1v) is 12.5. The van der Waals surface area contributed by atoms with Crippen LogP contribution in [0.25, 0.3) is 11.6 Å².